The summed E-state index contributed by atoms with van der Waals surface area (Å²) in [6, 6.07) is -0.0807. The second-order valence-corrected chi connectivity index (χ2v) is 6.73. The molecular formula is C14H21N3O3S. The van der Waals surface area contributed by atoms with E-state index in [-0.39, 0.29) is 12.5 Å². The van der Waals surface area contributed by atoms with Gasteiger partial charge in [-0.3, -0.25) is 4.79 Å². The summed E-state index contributed by atoms with van der Waals surface area (Å²) in [5.41, 5.74) is 0. The van der Waals surface area contributed by atoms with Gasteiger partial charge in [0.25, 0.3) is 0 Å². The lowest BCUT2D eigenvalue weighted by Crippen LogP contribution is -2.45. The molecule has 2 amide bonds. The topological polar surface area (TPSA) is 82.5 Å². The highest BCUT2D eigenvalue weighted by atomic mass is 32.1. The van der Waals surface area contributed by atoms with Crippen molar-refractivity contribution in [2.45, 2.75) is 39.2 Å². The van der Waals surface area contributed by atoms with Crippen molar-refractivity contribution < 1.29 is 14.7 Å². The fourth-order valence-corrected chi connectivity index (χ4v) is 3.29. The van der Waals surface area contributed by atoms with Crippen LogP contribution in [0, 0.1) is 12.8 Å². The first-order valence-electron chi connectivity index (χ1n) is 7.20. The number of aryl methyl sites for hydroxylation is 1. The van der Waals surface area contributed by atoms with Crippen molar-refractivity contribution in [2.75, 3.05) is 13.1 Å². The molecule has 1 fully saturated rings. The zero-order chi connectivity index (χ0) is 15.2. The molecule has 7 heteroatoms. The molecule has 0 saturated carbocycles. The normalized spacial score (nSPS) is 18.5. The van der Waals surface area contributed by atoms with Gasteiger partial charge < -0.3 is 15.3 Å². The predicted molar refractivity (Wildman–Crippen MR) is 80.3 cm³/mol. The lowest BCUT2D eigenvalue weighted by molar-refractivity contribution is -0.137. The lowest BCUT2D eigenvalue weighted by atomic mass is 9.93. The number of carboxylic acids is 1. The fourth-order valence-electron chi connectivity index (χ4n) is 2.56. The van der Waals surface area contributed by atoms with Crippen LogP contribution in [0.1, 0.15) is 35.6 Å². The summed E-state index contributed by atoms with van der Waals surface area (Å²) in [6.07, 6.45) is 4.56. The highest BCUT2D eigenvalue weighted by molar-refractivity contribution is 7.11. The Balaban J connectivity index is 1.77. The van der Waals surface area contributed by atoms with E-state index in [1.54, 1.807) is 22.4 Å². The van der Waals surface area contributed by atoms with Gasteiger partial charge in [-0.2, -0.15) is 0 Å². The van der Waals surface area contributed by atoms with E-state index in [0.717, 1.165) is 29.3 Å². The molecule has 1 unspecified atom stereocenters. The Morgan fingerprint density at radius 1 is 1.57 bits per heavy atom. The van der Waals surface area contributed by atoms with Gasteiger partial charge in [0.15, 0.2) is 0 Å². The molecular weight excluding hydrogens is 290 g/mol. The average molecular weight is 311 g/mol. The fraction of sp³-hybridized carbons (Fsp3) is 0.643. The minimum absolute atomic E-state index is 0.0807. The molecule has 1 aliphatic heterocycles. The summed E-state index contributed by atoms with van der Waals surface area (Å²) in [5, 5.41) is 12.5. The van der Waals surface area contributed by atoms with Gasteiger partial charge in [-0.15, -0.1) is 11.3 Å². The third-order valence-corrected chi connectivity index (χ3v) is 4.55. The first kappa shape index (κ1) is 15.8. The van der Waals surface area contributed by atoms with E-state index < -0.39 is 5.97 Å². The van der Waals surface area contributed by atoms with Crippen LogP contribution in [0.2, 0.25) is 0 Å². The molecule has 1 saturated heterocycles. The van der Waals surface area contributed by atoms with Gasteiger partial charge in [-0.25, -0.2) is 9.78 Å². The van der Waals surface area contributed by atoms with Crippen LogP contribution in [0.4, 0.5) is 4.79 Å². The van der Waals surface area contributed by atoms with Crippen LogP contribution in [-0.4, -0.2) is 40.1 Å². The summed E-state index contributed by atoms with van der Waals surface area (Å²) < 4.78 is 0. The largest absolute Gasteiger partial charge is 0.481 e. The van der Waals surface area contributed by atoms with Crippen LogP contribution in [0.25, 0.3) is 0 Å². The predicted octanol–water partition coefficient (Wildman–Crippen LogP) is 2.24. The minimum Gasteiger partial charge on any atom is -0.481 e. The summed E-state index contributed by atoms with van der Waals surface area (Å²) in [6.45, 7) is 3.83. The van der Waals surface area contributed by atoms with Gasteiger partial charge in [0.2, 0.25) is 0 Å². The van der Waals surface area contributed by atoms with E-state index in [9.17, 15) is 9.59 Å². The molecule has 2 rings (SSSR count). The molecule has 2 N–H and O–H groups in total. The van der Waals surface area contributed by atoms with E-state index in [0.29, 0.717) is 25.4 Å². The van der Waals surface area contributed by atoms with Crippen molar-refractivity contribution in [3.8, 4) is 0 Å². The van der Waals surface area contributed by atoms with Crippen molar-refractivity contribution >= 4 is 23.3 Å². The maximum Gasteiger partial charge on any atom is 0.317 e. The maximum absolute atomic E-state index is 12.1. The van der Waals surface area contributed by atoms with Crippen LogP contribution >= 0.6 is 11.3 Å². The molecule has 0 radical (unpaired) electrons. The monoisotopic (exact) mass is 311 g/mol. The Bertz CT molecular complexity index is 503. The van der Waals surface area contributed by atoms with Crippen molar-refractivity contribution in [3.05, 3.63) is 16.1 Å². The lowest BCUT2D eigenvalue weighted by Gasteiger charge is -2.32. The van der Waals surface area contributed by atoms with Gasteiger partial charge in [0.1, 0.15) is 5.01 Å². The van der Waals surface area contributed by atoms with Crippen LogP contribution in [0.3, 0.4) is 0 Å². The van der Waals surface area contributed by atoms with Crippen LogP contribution in [0.15, 0.2) is 6.20 Å². The average Bonchev–Trinajstić information content (AvgIpc) is 2.88. The molecule has 2 heterocycles. The zero-order valence-corrected chi connectivity index (χ0v) is 13.0. The number of carbonyl (C=O) groups is 2. The van der Waals surface area contributed by atoms with E-state index in [1.807, 2.05) is 6.92 Å². The Morgan fingerprint density at radius 2 is 2.38 bits per heavy atom. The smallest absolute Gasteiger partial charge is 0.317 e. The van der Waals surface area contributed by atoms with Crippen LogP contribution in [0.5, 0.6) is 0 Å². The number of nitrogens with one attached hydrogen (secondary N) is 1. The highest BCUT2D eigenvalue weighted by Crippen LogP contribution is 2.21. The zero-order valence-electron chi connectivity index (χ0n) is 12.2. The highest BCUT2D eigenvalue weighted by Gasteiger charge is 2.23. The molecule has 0 spiro atoms. The standard InChI is InChI=1S/C14H21N3O3S/c1-10-7-15-12(21-10)8-16-14(20)17-6-2-3-11(9-17)4-5-13(18)19/h7,11H,2-6,8-9H2,1H3,(H,16,20)(H,18,19). The second-order valence-electron chi connectivity index (χ2n) is 5.41. The third-order valence-electron chi connectivity index (χ3n) is 3.63. The Hall–Kier alpha value is -1.63. The molecule has 0 aliphatic carbocycles. The molecule has 1 aromatic rings. The van der Waals surface area contributed by atoms with E-state index in [4.69, 9.17) is 5.11 Å². The Labute approximate surface area is 128 Å². The number of carboxylic acid groups (broad SMARTS) is 1. The molecule has 1 aliphatic rings. The first-order chi connectivity index (χ1) is 10.0. The van der Waals surface area contributed by atoms with Gasteiger partial charge in [0.05, 0.1) is 6.54 Å². The quantitative estimate of drug-likeness (QED) is 0.873. The molecule has 116 valence electrons. The van der Waals surface area contributed by atoms with Crippen LogP contribution < -0.4 is 5.32 Å². The van der Waals surface area contributed by atoms with Crippen LogP contribution in [-0.2, 0) is 11.3 Å². The van der Waals surface area contributed by atoms with Crippen molar-refractivity contribution in [1.82, 2.24) is 15.2 Å². The van der Waals surface area contributed by atoms with E-state index >= 15 is 0 Å². The van der Waals surface area contributed by atoms with Gasteiger partial charge in [-0.1, -0.05) is 0 Å². The Kier molecular flexibility index (Phi) is 5.55. The van der Waals surface area contributed by atoms with E-state index in [2.05, 4.69) is 10.3 Å². The number of piperidine rings is 1. The molecule has 1 aromatic heterocycles. The number of hydrogen-bond donors (Lipinski definition) is 2. The number of hydrogen-bond acceptors (Lipinski definition) is 4. The number of rotatable bonds is 5. The number of nitrogens with zero attached hydrogens (tertiary/aromatic N) is 2. The first-order valence-corrected chi connectivity index (χ1v) is 8.02. The van der Waals surface area contributed by atoms with Crippen molar-refractivity contribution in [2.24, 2.45) is 5.92 Å². The number of amides is 2. The summed E-state index contributed by atoms with van der Waals surface area (Å²) in [4.78, 5) is 29.9. The molecule has 0 aromatic carbocycles. The number of aliphatic carboxylic acids is 1. The minimum atomic E-state index is -0.768. The second kappa shape index (κ2) is 7.40. The number of likely N-dealkylation sites (tertiary alicyclic amines) is 1. The van der Waals surface area contributed by atoms with E-state index in [1.165, 1.54) is 0 Å². The van der Waals surface area contributed by atoms with Crippen molar-refractivity contribution in [3.63, 3.8) is 0 Å². The SMILES string of the molecule is Cc1cnc(CNC(=O)N2CCCC(CCC(=O)O)C2)s1. The van der Waals surface area contributed by atoms with Gasteiger partial charge >= 0.3 is 12.0 Å². The summed E-state index contributed by atoms with van der Waals surface area (Å²) >= 11 is 1.58. The molecule has 0 bridgehead atoms. The Morgan fingerprint density at radius 3 is 3.05 bits per heavy atom. The number of aromatic nitrogens is 1. The van der Waals surface area contributed by atoms with Gasteiger partial charge in [-0.05, 0) is 32.1 Å². The number of urea groups is 1. The summed E-state index contributed by atoms with van der Waals surface area (Å²) in [5.74, 6) is -0.474. The molecule has 21 heavy (non-hydrogen) atoms. The number of carbonyl (C=O) groups excluding carboxylic acids is 1. The number of thiazole rings is 1. The van der Waals surface area contributed by atoms with Gasteiger partial charge in [0, 0.05) is 30.6 Å². The van der Waals surface area contributed by atoms with Crippen molar-refractivity contribution in [1.29, 1.82) is 0 Å². The summed E-state index contributed by atoms with van der Waals surface area (Å²) in [7, 11) is 0. The molecule has 1 atom stereocenters. The maximum atomic E-state index is 12.1. The molecule has 6 nitrogen and oxygen atoms in total. The third kappa shape index (κ3) is 5.00.